The zero-order chi connectivity index (χ0) is 17.2. The van der Waals surface area contributed by atoms with Crippen molar-refractivity contribution in [3.8, 4) is 0 Å². The molecule has 0 atom stereocenters. The molecule has 5 heteroatoms. The van der Waals surface area contributed by atoms with Crippen LogP contribution in [-0.4, -0.2) is 19.5 Å². The Balaban J connectivity index is 0.000000326. The molecule has 0 radical (unpaired) electrons. The molecule has 0 saturated heterocycles. The van der Waals surface area contributed by atoms with Crippen LogP contribution in [0.3, 0.4) is 0 Å². The van der Waals surface area contributed by atoms with Crippen molar-refractivity contribution < 1.29 is 14.7 Å². The van der Waals surface area contributed by atoms with Crippen LogP contribution in [0.2, 0.25) is 0 Å². The van der Waals surface area contributed by atoms with E-state index in [9.17, 15) is 0 Å². The van der Waals surface area contributed by atoms with Crippen LogP contribution in [0.15, 0.2) is 42.5 Å². The Hall–Kier alpha value is 0.844. The van der Waals surface area contributed by atoms with E-state index in [1.807, 2.05) is 0 Å². The van der Waals surface area contributed by atoms with Gasteiger partial charge in [-0.1, -0.05) is 26.8 Å². The van der Waals surface area contributed by atoms with E-state index in [1.54, 1.807) is 0 Å². The minimum atomic E-state index is -1.92. The van der Waals surface area contributed by atoms with Crippen LogP contribution in [-0.2, 0) is 14.7 Å². The van der Waals surface area contributed by atoms with Crippen molar-refractivity contribution >= 4 is 46.6 Å². The van der Waals surface area contributed by atoms with Gasteiger partial charge in [0.05, 0.1) is 0 Å². The van der Waals surface area contributed by atoms with Gasteiger partial charge in [-0.05, 0) is 13.3 Å². The van der Waals surface area contributed by atoms with E-state index in [4.69, 9.17) is 27.9 Å². The van der Waals surface area contributed by atoms with Crippen molar-refractivity contribution in [2.24, 2.45) is 5.41 Å². The summed E-state index contributed by atoms with van der Waals surface area (Å²) in [6.07, 6.45) is 3.72. The molecule has 2 aromatic carbocycles. The summed E-state index contributed by atoms with van der Waals surface area (Å²) in [6, 6.07) is 14.7. The summed E-state index contributed by atoms with van der Waals surface area (Å²) in [7, 11) is 15.2. The summed E-state index contributed by atoms with van der Waals surface area (Å²) in [5.41, 5.74) is 0.423. The summed E-state index contributed by atoms with van der Waals surface area (Å²) in [5, 5.41) is 2.66. The second-order valence-corrected chi connectivity index (χ2v) is 16.5. The first kappa shape index (κ1) is 22.8. The van der Waals surface area contributed by atoms with Gasteiger partial charge in [-0.15, -0.1) is 37.6 Å². The normalized spacial score (nSPS) is 10.6. The smallest absolute Gasteiger partial charge is 0.0809 e. The number of hydrogen-bond acceptors (Lipinski definition) is 0. The zero-order valence-electron chi connectivity index (χ0n) is 13.9. The number of hydrogen-bond donors (Lipinski definition) is 0. The van der Waals surface area contributed by atoms with Gasteiger partial charge in [-0.25, -0.2) is 0 Å². The predicted octanol–water partition coefficient (Wildman–Crippen LogP) is 7.60. The molecule has 0 aliphatic heterocycles. The predicted molar refractivity (Wildman–Crippen MR) is 104 cm³/mol. The Kier molecular flexibility index (Phi) is 12.7. The summed E-state index contributed by atoms with van der Waals surface area (Å²) >= 11 is -1.92. The number of benzene rings is 1. The standard InChI is InChI=1S/C9H7.C8H18P.3ClH.Ti/c1-2-5-9-7-3-6-8(9)4-1;1-8(2,3)6-7-9(4)5;;;;/h1-7H;6H,7H2,1-5H3;3*1H;/q2*-1;;;;+3/p-3. The Morgan fingerprint density at radius 3 is 2.05 bits per heavy atom. The van der Waals surface area contributed by atoms with E-state index < -0.39 is 14.7 Å². The molecule has 0 heterocycles. The van der Waals surface area contributed by atoms with Gasteiger partial charge in [-0.2, -0.15) is 29.1 Å². The molecule has 0 unspecified atom stereocenters. The van der Waals surface area contributed by atoms with Gasteiger partial charge in [0.1, 0.15) is 0 Å². The molecule has 125 valence electrons. The van der Waals surface area contributed by atoms with Crippen molar-refractivity contribution in [2.45, 2.75) is 20.8 Å². The average molecular weight is 415 g/mol. The molecule has 2 rings (SSSR count). The van der Waals surface area contributed by atoms with Gasteiger partial charge in [0, 0.05) is 0 Å². The summed E-state index contributed by atoms with van der Waals surface area (Å²) in [4.78, 5) is 0. The van der Waals surface area contributed by atoms with Crippen molar-refractivity contribution in [1.82, 2.24) is 0 Å². The van der Waals surface area contributed by atoms with Crippen LogP contribution in [0.5, 0.6) is 0 Å². The molecule has 0 aliphatic carbocycles. The Morgan fingerprint density at radius 2 is 1.64 bits per heavy atom. The van der Waals surface area contributed by atoms with E-state index in [0.29, 0.717) is 5.41 Å². The first-order valence-electron chi connectivity index (χ1n) is 7.05. The second-order valence-electron chi connectivity index (χ2n) is 6.20. The third-order valence-electron chi connectivity index (χ3n) is 2.62. The van der Waals surface area contributed by atoms with E-state index in [-0.39, 0.29) is 7.92 Å². The van der Waals surface area contributed by atoms with Crippen LogP contribution in [0, 0.1) is 11.8 Å². The fourth-order valence-electron chi connectivity index (χ4n) is 1.53. The van der Waals surface area contributed by atoms with Crippen molar-refractivity contribution in [1.29, 1.82) is 0 Å². The quantitative estimate of drug-likeness (QED) is 0.270. The molecular weight excluding hydrogens is 389 g/mol. The molecule has 0 N–H and O–H groups in total. The maximum Gasteiger partial charge on any atom is -0.0809 e. The Labute approximate surface area is 155 Å². The van der Waals surface area contributed by atoms with Gasteiger partial charge >= 0.3 is 42.6 Å². The maximum absolute atomic E-state index is 4.97. The first-order valence-corrected chi connectivity index (χ1v) is 15.9. The fraction of sp³-hybridized carbons (Fsp3) is 0.412. The SMILES string of the molecule is CP(C)C[CH-]C(C)(C)C.[Cl][Ti]([Cl])[Cl].c1ccc2[cH-]ccc2c1. The average Bonchev–Trinajstić information content (AvgIpc) is 2.84. The van der Waals surface area contributed by atoms with E-state index >= 15 is 0 Å². The molecular formula is C17H25Cl3PTi-2. The third kappa shape index (κ3) is 14.4. The largest absolute Gasteiger partial charge is 0.168 e. The Bertz CT molecular complexity index is 471. The molecule has 0 aromatic heterocycles. The minimum absolute atomic E-state index is 0.280. The topological polar surface area (TPSA) is 0 Å². The molecule has 0 bridgehead atoms. The van der Waals surface area contributed by atoms with E-state index in [1.165, 1.54) is 16.9 Å². The number of rotatable bonds is 2. The molecule has 22 heavy (non-hydrogen) atoms. The summed E-state index contributed by atoms with van der Waals surface area (Å²) < 4.78 is 0. The van der Waals surface area contributed by atoms with Crippen molar-refractivity contribution in [3.05, 3.63) is 48.9 Å². The number of fused-ring (bicyclic) bond motifs is 1. The maximum atomic E-state index is 4.97. The summed E-state index contributed by atoms with van der Waals surface area (Å²) in [6.45, 7) is 11.4. The van der Waals surface area contributed by atoms with Crippen LogP contribution >= 0.6 is 35.8 Å². The van der Waals surface area contributed by atoms with Crippen LogP contribution in [0.25, 0.3) is 10.8 Å². The van der Waals surface area contributed by atoms with Crippen molar-refractivity contribution in [3.63, 3.8) is 0 Å². The van der Waals surface area contributed by atoms with Crippen LogP contribution in [0.4, 0.5) is 0 Å². The van der Waals surface area contributed by atoms with E-state index in [2.05, 4.69) is 83.0 Å². The summed E-state index contributed by atoms with van der Waals surface area (Å²) in [5.74, 6) is 0. The number of halogens is 3. The Morgan fingerprint density at radius 1 is 1.09 bits per heavy atom. The monoisotopic (exact) mass is 413 g/mol. The molecule has 0 amide bonds. The first-order chi connectivity index (χ1) is 10.1. The van der Waals surface area contributed by atoms with Crippen LogP contribution in [0.1, 0.15) is 20.8 Å². The zero-order valence-corrected chi connectivity index (χ0v) is 18.6. The van der Waals surface area contributed by atoms with Gasteiger partial charge in [0.15, 0.2) is 0 Å². The van der Waals surface area contributed by atoms with Gasteiger partial charge in [0.25, 0.3) is 0 Å². The van der Waals surface area contributed by atoms with Gasteiger partial charge in [-0.3, -0.25) is 0 Å². The minimum Gasteiger partial charge on any atom is -0.168 e. The molecule has 0 fully saturated rings. The molecule has 0 aliphatic rings. The molecule has 0 saturated carbocycles. The molecule has 0 nitrogen and oxygen atoms in total. The van der Waals surface area contributed by atoms with Gasteiger partial charge in [0.2, 0.25) is 0 Å². The molecule has 2 aromatic rings. The van der Waals surface area contributed by atoms with Gasteiger partial charge < -0.3 is 6.42 Å². The second kappa shape index (κ2) is 12.2. The van der Waals surface area contributed by atoms with E-state index in [0.717, 1.165) is 0 Å². The fourth-order valence-corrected chi connectivity index (χ4v) is 2.44. The van der Waals surface area contributed by atoms with Crippen LogP contribution < -0.4 is 0 Å². The van der Waals surface area contributed by atoms with Crippen molar-refractivity contribution in [2.75, 3.05) is 19.5 Å². The molecule has 0 spiro atoms. The third-order valence-corrected chi connectivity index (χ3v) is 3.53.